The average molecular weight is 1650 g/mol. The number of rotatable bonds is 12. The summed E-state index contributed by atoms with van der Waals surface area (Å²) in [6, 6.07) is 119. The van der Waals surface area contributed by atoms with Gasteiger partial charge in [-0.3, -0.25) is 0 Å². The first-order valence-corrected chi connectivity index (χ1v) is 45.1. The van der Waals surface area contributed by atoms with Crippen LogP contribution >= 0.6 is 22.7 Å². The molecule has 0 unspecified atom stereocenters. The predicted molar refractivity (Wildman–Crippen MR) is 534 cm³/mol. The van der Waals surface area contributed by atoms with E-state index in [0.717, 1.165) is 158 Å². The van der Waals surface area contributed by atoms with E-state index in [4.69, 9.17) is 9.47 Å². The minimum absolute atomic E-state index is 0.238. The molecule has 0 aliphatic carbocycles. The third-order valence-corrected chi connectivity index (χ3v) is 29.1. The maximum atomic E-state index is 7.82. The molecule has 0 bridgehead atoms. The monoisotopic (exact) mass is 1650 g/mol. The minimum atomic E-state index is -0.379. The van der Waals surface area contributed by atoms with Crippen LogP contribution in [0.15, 0.2) is 315 Å². The molecule has 9 nitrogen and oxygen atoms in total. The lowest BCUT2D eigenvalue weighted by atomic mass is 9.30. The molecule has 16 aromatic carbocycles. The van der Waals surface area contributed by atoms with Crippen LogP contribution in [0.4, 0.5) is 114 Å². The molecule has 24 rings (SSSR count). The Morgan fingerprint density at radius 2 is 0.584 bits per heavy atom. The SMILES string of the molecule is Cc1ccc(N(c2ccc(C)cc2)c2cc3c4c(c2)Oc2c(sc5ccccc25)B4c2cc4c(cc2N3)N(c2c(C)cc(C)cc2C)c2cc(N(c3ccccc3)c3ccccc3)cc3c2B4c2cc4c(cc2N3c2c(C)cc(C)cc2C)N(c2c(C)cc(C)cc2C)c2cc(N(c3ccccc3)c3ccccc3)cc3c2B4c2sc4ccccc4c2O3)cc1. The number of nitrogens with zero attached hydrogens (tertiary/aromatic N) is 6. The molecule has 8 heterocycles. The smallest absolute Gasteiger partial charge is 0.268 e. The number of anilines is 20. The number of fused-ring (bicyclic) bond motifs is 16. The van der Waals surface area contributed by atoms with E-state index >= 15 is 0 Å². The lowest BCUT2D eigenvalue weighted by Crippen LogP contribution is -2.65. The Balaban J connectivity index is 0.844. The van der Waals surface area contributed by atoms with Crippen LogP contribution in [0.25, 0.3) is 20.2 Å². The summed E-state index contributed by atoms with van der Waals surface area (Å²) in [5, 5.41) is 6.56. The van der Waals surface area contributed by atoms with Crippen molar-refractivity contribution in [3.63, 3.8) is 0 Å². The Hall–Kier alpha value is -14.2. The molecule has 0 fully saturated rings. The van der Waals surface area contributed by atoms with Crippen molar-refractivity contribution in [2.45, 2.75) is 76.2 Å². The highest BCUT2D eigenvalue weighted by atomic mass is 32.1. The van der Waals surface area contributed by atoms with E-state index in [2.05, 4.69) is 426 Å². The lowest BCUT2D eigenvalue weighted by Gasteiger charge is -2.48. The summed E-state index contributed by atoms with van der Waals surface area (Å²) in [5.74, 6) is 3.50. The molecule has 1 N–H and O–H groups in total. The standard InChI is InChI=1S/C111H86B3N7O2S2/c1-64-40-44-79(45-41-64)118(80-46-42-65(2)43-47-80)81-54-91-102-98(58-81)122-108-84-36-24-26-38-100(84)124-110(108)113(102)86-60-87-92(62-90(86)115-91)119(105-69(6)48-66(3)49-70(105)7)95-55-82(116(75-28-16-12-17-29-75)76-30-18-13-19-31-76)56-96-103(95)112(87)88-61-89-94(63-93(88)120(96)106-71(8)50-67(4)51-72(106)9)121(107-73(10)52-68(5)53-74(107)11)97-57-83(117(77-32-20-14-21-33-77)78-34-22-15-23-35-78)59-99-104(97)114(89)111-109(123-99)85-37-25-27-39-101(85)125-111/h12-63,115H,1-11H3. The molecule has 0 radical (unpaired) electrons. The molecule has 18 aromatic rings. The van der Waals surface area contributed by atoms with Crippen molar-refractivity contribution in [1.29, 1.82) is 0 Å². The van der Waals surface area contributed by atoms with Crippen molar-refractivity contribution in [3.05, 3.63) is 377 Å². The molecule has 0 saturated heterocycles. The van der Waals surface area contributed by atoms with Crippen LogP contribution in [0.3, 0.4) is 0 Å². The number of hydrogen-bond donors (Lipinski definition) is 1. The van der Waals surface area contributed by atoms with Crippen molar-refractivity contribution in [3.8, 4) is 23.0 Å². The highest BCUT2D eigenvalue weighted by Crippen LogP contribution is 2.56. The molecule has 125 heavy (non-hydrogen) atoms. The summed E-state index contributed by atoms with van der Waals surface area (Å²) in [6.07, 6.45) is 0. The molecule has 0 amide bonds. The Morgan fingerprint density at radius 1 is 0.256 bits per heavy atom. The maximum absolute atomic E-state index is 7.82. The quantitative estimate of drug-likeness (QED) is 0.121. The van der Waals surface area contributed by atoms with Crippen molar-refractivity contribution in [2.24, 2.45) is 0 Å². The van der Waals surface area contributed by atoms with Gasteiger partial charge in [-0.15, -0.1) is 22.7 Å². The molecule has 6 aliphatic rings. The zero-order chi connectivity index (χ0) is 84.2. The number of thiophene rings is 2. The molecule has 0 saturated carbocycles. The van der Waals surface area contributed by atoms with Crippen molar-refractivity contribution >= 4 is 225 Å². The summed E-state index contributed by atoms with van der Waals surface area (Å²) in [4.78, 5) is 15.3. The van der Waals surface area contributed by atoms with Gasteiger partial charge >= 0.3 is 0 Å². The Labute approximate surface area is 739 Å². The van der Waals surface area contributed by atoms with Crippen molar-refractivity contribution < 1.29 is 9.47 Å². The van der Waals surface area contributed by atoms with Crippen LogP contribution in [-0.4, -0.2) is 20.1 Å². The number of hydrogen-bond acceptors (Lipinski definition) is 11. The second-order valence-corrected chi connectivity index (χ2v) is 37.3. The molecule has 598 valence electrons. The normalized spacial score (nSPS) is 13.2. The number of aryl methyl sites for hydroxylation is 11. The molecule has 6 aliphatic heterocycles. The van der Waals surface area contributed by atoms with E-state index in [1.54, 1.807) is 0 Å². The van der Waals surface area contributed by atoms with Gasteiger partial charge in [0.2, 0.25) is 0 Å². The number of nitrogens with one attached hydrogen (secondary N) is 1. The van der Waals surface area contributed by atoms with Crippen LogP contribution in [-0.2, 0) is 0 Å². The minimum Gasteiger partial charge on any atom is -0.457 e. The third-order valence-electron chi connectivity index (χ3n) is 26.6. The zero-order valence-corrected chi connectivity index (χ0v) is 73.2. The summed E-state index contributed by atoms with van der Waals surface area (Å²) in [6.45, 7) is 24.1. The van der Waals surface area contributed by atoms with Crippen molar-refractivity contribution in [1.82, 2.24) is 0 Å². The van der Waals surface area contributed by atoms with Gasteiger partial charge in [0.1, 0.15) is 23.0 Å². The molecule has 0 spiro atoms. The summed E-state index contributed by atoms with van der Waals surface area (Å²) in [5.41, 5.74) is 42.9. The molecular weight excluding hydrogens is 1560 g/mol. The summed E-state index contributed by atoms with van der Waals surface area (Å²) >= 11 is 3.74. The first kappa shape index (κ1) is 74.6. The Bertz CT molecular complexity index is 7390. The van der Waals surface area contributed by atoms with Gasteiger partial charge in [0.05, 0.1) is 34.1 Å². The van der Waals surface area contributed by atoms with Crippen molar-refractivity contribution in [2.75, 3.05) is 34.7 Å². The van der Waals surface area contributed by atoms with E-state index in [1.807, 2.05) is 22.7 Å². The van der Waals surface area contributed by atoms with Crippen LogP contribution in [0.2, 0.25) is 0 Å². The largest absolute Gasteiger partial charge is 0.457 e. The summed E-state index contributed by atoms with van der Waals surface area (Å²) in [7, 11) is 0. The van der Waals surface area contributed by atoms with Crippen LogP contribution in [0.1, 0.15) is 61.2 Å². The maximum Gasteiger partial charge on any atom is 0.268 e. The highest BCUT2D eigenvalue weighted by molar-refractivity contribution is 7.34. The number of benzene rings is 16. The number of ether oxygens (including phenoxy) is 2. The van der Waals surface area contributed by atoms with Gasteiger partial charge in [-0.05, 0) is 281 Å². The van der Waals surface area contributed by atoms with E-state index in [1.165, 1.54) is 107 Å². The van der Waals surface area contributed by atoms with Gasteiger partial charge in [0, 0.05) is 121 Å². The molecule has 0 atom stereocenters. The van der Waals surface area contributed by atoms with Gasteiger partial charge in [-0.2, -0.15) is 0 Å². The molecule has 2 aromatic heterocycles. The Morgan fingerprint density at radius 3 is 1.00 bits per heavy atom. The second kappa shape index (κ2) is 28.5. The first-order valence-electron chi connectivity index (χ1n) is 43.4. The van der Waals surface area contributed by atoms with Gasteiger partial charge in [-0.1, -0.05) is 198 Å². The van der Waals surface area contributed by atoms with Gasteiger partial charge in [0.15, 0.2) is 0 Å². The van der Waals surface area contributed by atoms with E-state index < -0.39 is 0 Å². The number of para-hydroxylation sites is 4. The van der Waals surface area contributed by atoms with Gasteiger partial charge < -0.3 is 44.2 Å². The van der Waals surface area contributed by atoms with Gasteiger partial charge in [-0.25, -0.2) is 0 Å². The van der Waals surface area contributed by atoms with Gasteiger partial charge in [0.25, 0.3) is 20.1 Å². The molecular formula is C111H86B3N7O2S2. The average Bonchev–Trinajstić information content (AvgIpc) is 1.67. The Kier molecular flexibility index (Phi) is 17.0. The first-order chi connectivity index (χ1) is 61.0. The second-order valence-electron chi connectivity index (χ2n) is 35.1. The fourth-order valence-electron chi connectivity index (χ4n) is 21.9. The van der Waals surface area contributed by atoms with E-state index in [-0.39, 0.29) is 20.1 Å². The predicted octanol–water partition coefficient (Wildman–Crippen LogP) is 25.1. The van der Waals surface area contributed by atoms with Crippen LogP contribution in [0.5, 0.6) is 23.0 Å². The fourth-order valence-corrected chi connectivity index (χ4v) is 24.4. The summed E-state index contributed by atoms with van der Waals surface area (Å²) < 4.78 is 20.2. The molecule has 14 heteroatoms. The fraction of sp³-hybridized carbons (Fsp3) is 0.0991. The zero-order valence-electron chi connectivity index (χ0n) is 71.6. The van der Waals surface area contributed by atoms with E-state index in [9.17, 15) is 0 Å². The van der Waals surface area contributed by atoms with Crippen LogP contribution < -0.4 is 92.0 Å². The lowest BCUT2D eigenvalue weighted by molar-refractivity contribution is 0.494. The van der Waals surface area contributed by atoms with Crippen LogP contribution in [0, 0.1) is 76.2 Å². The topological polar surface area (TPSA) is 49.9 Å². The van der Waals surface area contributed by atoms with E-state index in [0.29, 0.717) is 0 Å². The highest BCUT2D eigenvalue weighted by Gasteiger charge is 2.52. The third kappa shape index (κ3) is 11.6.